The van der Waals surface area contributed by atoms with Crippen LogP contribution in [0.15, 0.2) is 48.5 Å². The van der Waals surface area contributed by atoms with E-state index in [-0.39, 0.29) is 6.61 Å². The lowest BCUT2D eigenvalue weighted by Crippen LogP contribution is -2.09. The Bertz CT molecular complexity index is 563. The molecule has 0 aliphatic carbocycles. The summed E-state index contributed by atoms with van der Waals surface area (Å²) < 4.78 is 10.7. The largest absolute Gasteiger partial charge is 0.497 e. The predicted octanol–water partition coefficient (Wildman–Crippen LogP) is 2.86. The molecule has 21 heavy (non-hydrogen) atoms. The standard InChI is InChI=1S/C17H20O4/c1-12(18)13-6-8-15(9-7-13)21-11-17(19)14-4-3-5-16(10-14)20-2/h3-10,12,17-19H,11H2,1-2H3. The molecule has 0 saturated heterocycles. The summed E-state index contributed by atoms with van der Waals surface area (Å²) in [5, 5.41) is 19.6. The minimum absolute atomic E-state index is 0.154. The number of aliphatic hydroxyl groups excluding tert-OH is 2. The second-order valence-electron chi connectivity index (χ2n) is 4.85. The van der Waals surface area contributed by atoms with Crippen molar-refractivity contribution in [3.8, 4) is 11.5 Å². The fourth-order valence-electron chi connectivity index (χ4n) is 1.96. The second kappa shape index (κ2) is 7.11. The summed E-state index contributed by atoms with van der Waals surface area (Å²) in [7, 11) is 1.59. The van der Waals surface area contributed by atoms with E-state index in [2.05, 4.69) is 0 Å². The molecule has 0 radical (unpaired) electrons. The van der Waals surface area contributed by atoms with Gasteiger partial charge in [-0.3, -0.25) is 0 Å². The van der Waals surface area contributed by atoms with E-state index in [1.54, 1.807) is 44.4 Å². The molecule has 2 rings (SSSR count). The molecule has 2 aromatic carbocycles. The molecule has 0 heterocycles. The Kier molecular flexibility index (Phi) is 5.20. The van der Waals surface area contributed by atoms with Gasteiger partial charge in [-0.1, -0.05) is 24.3 Å². The third-order valence-corrected chi connectivity index (χ3v) is 3.25. The highest BCUT2D eigenvalue weighted by molar-refractivity contribution is 5.31. The van der Waals surface area contributed by atoms with Gasteiger partial charge in [0.1, 0.15) is 24.2 Å². The molecule has 0 saturated carbocycles. The minimum atomic E-state index is -0.725. The van der Waals surface area contributed by atoms with Crippen molar-refractivity contribution in [2.75, 3.05) is 13.7 Å². The van der Waals surface area contributed by atoms with Gasteiger partial charge in [-0.15, -0.1) is 0 Å². The van der Waals surface area contributed by atoms with E-state index < -0.39 is 12.2 Å². The van der Waals surface area contributed by atoms with Crippen LogP contribution in [0.1, 0.15) is 30.3 Å². The Labute approximate surface area is 124 Å². The third-order valence-electron chi connectivity index (χ3n) is 3.25. The van der Waals surface area contributed by atoms with E-state index in [1.165, 1.54) is 0 Å². The lowest BCUT2D eigenvalue weighted by atomic mass is 10.1. The number of ether oxygens (including phenoxy) is 2. The monoisotopic (exact) mass is 288 g/mol. The number of rotatable bonds is 6. The van der Waals surface area contributed by atoms with Crippen LogP contribution in [0.5, 0.6) is 11.5 Å². The molecule has 2 N–H and O–H groups in total. The first-order valence-corrected chi connectivity index (χ1v) is 6.83. The molecule has 2 unspecified atom stereocenters. The van der Waals surface area contributed by atoms with E-state index in [0.717, 1.165) is 11.1 Å². The van der Waals surface area contributed by atoms with Gasteiger partial charge < -0.3 is 19.7 Å². The molecule has 2 atom stereocenters. The summed E-state index contributed by atoms with van der Waals surface area (Å²) in [6, 6.07) is 14.4. The molecule has 112 valence electrons. The van der Waals surface area contributed by atoms with E-state index in [1.807, 2.05) is 18.2 Å². The van der Waals surface area contributed by atoms with E-state index in [9.17, 15) is 10.2 Å². The van der Waals surface area contributed by atoms with Crippen molar-refractivity contribution in [2.24, 2.45) is 0 Å². The van der Waals surface area contributed by atoms with Gasteiger partial charge in [-0.05, 0) is 42.3 Å². The molecule has 0 bridgehead atoms. The zero-order valence-corrected chi connectivity index (χ0v) is 12.2. The van der Waals surface area contributed by atoms with Crippen LogP contribution >= 0.6 is 0 Å². The van der Waals surface area contributed by atoms with Crippen LogP contribution in [-0.4, -0.2) is 23.9 Å². The molecule has 0 amide bonds. The summed E-state index contributed by atoms with van der Waals surface area (Å²) in [6.07, 6.45) is -1.22. The lowest BCUT2D eigenvalue weighted by Gasteiger charge is -2.14. The second-order valence-corrected chi connectivity index (χ2v) is 4.85. The average molecular weight is 288 g/mol. The Balaban J connectivity index is 1.95. The highest BCUT2D eigenvalue weighted by Gasteiger charge is 2.09. The Hall–Kier alpha value is -2.04. The van der Waals surface area contributed by atoms with Crippen LogP contribution in [-0.2, 0) is 0 Å². The molecule has 4 heteroatoms. The highest BCUT2D eigenvalue weighted by atomic mass is 16.5. The topological polar surface area (TPSA) is 58.9 Å². The molecule has 0 aromatic heterocycles. The van der Waals surface area contributed by atoms with Crippen molar-refractivity contribution >= 4 is 0 Å². The van der Waals surface area contributed by atoms with Crippen molar-refractivity contribution in [2.45, 2.75) is 19.1 Å². The predicted molar refractivity (Wildman–Crippen MR) is 80.5 cm³/mol. The van der Waals surface area contributed by atoms with E-state index in [0.29, 0.717) is 11.5 Å². The van der Waals surface area contributed by atoms with Gasteiger partial charge in [-0.25, -0.2) is 0 Å². The number of methoxy groups -OCH3 is 1. The molecular weight excluding hydrogens is 268 g/mol. The van der Waals surface area contributed by atoms with E-state index in [4.69, 9.17) is 9.47 Å². The minimum Gasteiger partial charge on any atom is -0.497 e. The van der Waals surface area contributed by atoms with Gasteiger partial charge in [0.15, 0.2) is 0 Å². The molecule has 2 aromatic rings. The SMILES string of the molecule is COc1cccc(C(O)COc2ccc(C(C)O)cc2)c1. The van der Waals surface area contributed by atoms with Gasteiger partial charge in [0.25, 0.3) is 0 Å². The molecule has 0 spiro atoms. The van der Waals surface area contributed by atoms with Gasteiger partial charge in [0.2, 0.25) is 0 Å². The maximum Gasteiger partial charge on any atom is 0.119 e. The van der Waals surface area contributed by atoms with Crippen LogP contribution in [0.25, 0.3) is 0 Å². The first-order valence-electron chi connectivity index (χ1n) is 6.83. The molecule has 0 fully saturated rings. The third kappa shape index (κ3) is 4.21. The van der Waals surface area contributed by atoms with Crippen molar-refractivity contribution in [3.63, 3.8) is 0 Å². The van der Waals surface area contributed by atoms with Gasteiger partial charge in [0.05, 0.1) is 13.2 Å². The highest BCUT2D eigenvalue weighted by Crippen LogP contribution is 2.21. The maximum atomic E-state index is 10.1. The molecular formula is C17H20O4. The van der Waals surface area contributed by atoms with Crippen LogP contribution in [0.2, 0.25) is 0 Å². The first-order chi connectivity index (χ1) is 10.1. The maximum absolute atomic E-state index is 10.1. The number of hydrogen-bond acceptors (Lipinski definition) is 4. The van der Waals surface area contributed by atoms with E-state index >= 15 is 0 Å². The van der Waals surface area contributed by atoms with Crippen LogP contribution in [0.4, 0.5) is 0 Å². The Morgan fingerprint density at radius 1 is 0.952 bits per heavy atom. The van der Waals surface area contributed by atoms with Crippen molar-refractivity contribution < 1.29 is 19.7 Å². The summed E-state index contributed by atoms with van der Waals surface area (Å²) in [5.74, 6) is 1.36. The van der Waals surface area contributed by atoms with Crippen molar-refractivity contribution in [3.05, 3.63) is 59.7 Å². The van der Waals surface area contributed by atoms with Crippen LogP contribution < -0.4 is 9.47 Å². The van der Waals surface area contributed by atoms with Crippen molar-refractivity contribution in [1.82, 2.24) is 0 Å². The Morgan fingerprint density at radius 2 is 1.67 bits per heavy atom. The molecule has 0 aliphatic heterocycles. The summed E-state index contributed by atoms with van der Waals surface area (Å²) in [6.45, 7) is 1.86. The quantitative estimate of drug-likeness (QED) is 0.858. The normalized spacial score (nSPS) is 13.5. The number of aliphatic hydroxyl groups is 2. The summed E-state index contributed by atoms with van der Waals surface area (Å²) >= 11 is 0. The first kappa shape index (κ1) is 15.4. The zero-order valence-electron chi connectivity index (χ0n) is 12.2. The summed E-state index contributed by atoms with van der Waals surface area (Å²) in [5.41, 5.74) is 1.57. The number of benzene rings is 2. The lowest BCUT2D eigenvalue weighted by molar-refractivity contribution is 0.108. The Morgan fingerprint density at radius 3 is 2.29 bits per heavy atom. The fraction of sp³-hybridized carbons (Fsp3) is 0.294. The van der Waals surface area contributed by atoms with Crippen molar-refractivity contribution in [1.29, 1.82) is 0 Å². The zero-order chi connectivity index (χ0) is 15.2. The molecule has 4 nitrogen and oxygen atoms in total. The van der Waals surface area contributed by atoms with Crippen LogP contribution in [0, 0.1) is 0 Å². The number of hydrogen-bond donors (Lipinski definition) is 2. The average Bonchev–Trinajstić information content (AvgIpc) is 2.53. The van der Waals surface area contributed by atoms with Gasteiger partial charge in [0, 0.05) is 0 Å². The van der Waals surface area contributed by atoms with Gasteiger partial charge >= 0.3 is 0 Å². The molecule has 0 aliphatic rings. The summed E-state index contributed by atoms with van der Waals surface area (Å²) in [4.78, 5) is 0. The fourth-order valence-corrected chi connectivity index (χ4v) is 1.96. The van der Waals surface area contributed by atoms with Gasteiger partial charge in [-0.2, -0.15) is 0 Å². The smallest absolute Gasteiger partial charge is 0.119 e. The van der Waals surface area contributed by atoms with Crippen LogP contribution in [0.3, 0.4) is 0 Å².